The van der Waals surface area contributed by atoms with Crippen molar-refractivity contribution < 1.29 is 9.53 Å². The number of hydrogen-bond donors (Lipinski definition) is 1. The van der Waals surface area contributed by atoms with E-state index in [1.165, 1.54) is 0 Å². The van der Waals surface area contributed by atoms with Gasteiger partial charge in [0.25, 0.3) is 0 Å². The molecule has 4 rings (SSSR count). The Hall–Kier alpha value is -3.56. The number of ether oxygens (including phenoxy) is 1. The van der Waals surface area contributed by atoms with Crippen molar-refractivity contribution in [2.24, 2.45) is 5.73 Å². The molecule has 0 bridgehead atoms. The first-order valence-electron chi connectivity index (χ1n) is 10.9. The number of nitrogens with two attached hydrogens (primary N) is 1. The second-order valence-corrected chi connectivity index (χ2v) is 8.30. The minimum absolute atomic E-state index is 0.0612. The SMILES string of the molecule is CCOc1ccc([C@@H]2C(C#N)=C(N)N(N(C)C)C3=C2C(=O)C[C@H](c2ccccc2)C3)cc1. The number of nitriles is 1. The average Bonchev–Trinajstić information content (AvgIpc) is 2.79. The van der Waals surface area contributed by atoms with Gasteiger partial charge in [-0.25, -0.2) is 5.01 Å². The first-order valence-corrected chi connectivity index (χ1v) is 10.9. The van der Waals surface area contributed by atoms with Crippen molar-refractivity contribution in [3.63, 3.8) is 0 Å². The van der Waals surface area contributed by atoms with Crippen molar-refractivity contribution in [1.29, 1.82) is 5.26 Å². The van der Waals surface area contributed by atoms with Crippen molar-refractivity contribution in [3.05, 3.63) is 88.4 Å². The minimum atomic E-state index is -0.480. The molecule has 6 nitrogen and oxygen atoms in total. The van der Waals surface area contributed by atoms with Crippen LogP contribution in [0.15, 0.2) is 77.3 Å². The predicted octanol–water partition coefficient (Wildman–Crippen LogP) is 4.06. The second kappa shape index (κ2) is 8.89. The number of carbonyl (C=O) groups excluding carboxylic acids is 1. The molecule has 32 heavy (non-hydrogen) atoms. The number of Topliss-reactive ketones (excluding diaryl/α,β-unsaturated/α-hetero) is 1. The summed E-state index contributed by atoms with van der Waals surface area (Å²) >= 11 is 0. The van der Waals surface area contributed by atoms with Gasteiger partial charge in [-0.05, 0) is 42.5 Å². The van der Waals surface area contributed by atoms with Gasteiger partial charge in [0.15, 0.2) is 5.78 Å². The fraction of sp³-hybridized carbons (Fsp3) is 0.308. The third-order valence-corrected chi connectivity index (χ3v) is 6.14. The Balaban J connectivity index is 1.85. The Kier molecular flexibility index (Phi) is 6.02. The third kappa shape index (κ3) is 3.76. The Morgan fingerprint density at radius 1 is 1.09 bits per heavy atom. The van der Waals surface area contributed by atoms with E-state index < -0.39 is 5.92 Å². The fourth-order valence-electron chi connectivity index (χ4n) is 4.79. The van der Waals surface area contributed by atoms with Crippen LogP contribution in [0, 0.1) is 11.3 Å². The predicted molar refractivity (Wildman–Crippen MR) is 123 cm³/mol. The number of benzene rings is 2. The molecule has 0 unspecified atom stereocenters. The lowest BCUT2D eigenvalue weighted by Gasteiger charge is -2.43. The Morgan fingerprint density at radius 3 is 2.38 bits per heavy atom. The highest BCUT2D eigenvalue weighted by Crippen LogP contribution is 2.48. The highest BCUT2D eigenvalue weighted by Gasteiger charge is 2.43. The van der Waals surface area contributed by atoms with Gasteiger partial charge in [0.1, 0.15) is 11.6 Å². The molecule has 2 N–H and O–H groups in total. The molecule has 0 amide bonds. The molecule has 1 heterocycles. The Labute approximate surface area is 189 Å². The third-order valence-electron chi connectivity index (χ3n) is 6.14. The zero-order valence-electron chi connectivity index (χ0n) is 18.7. The molecular formula is C26H28N4O2. The number of carbonyl (C=O) groups is 1. The first kappa shape index (κ1) is 21.7. The van der Waals surface area contributed by atoms with Crippen LogP contribution in [-0.4, -0.2) is 36.5 Å². The molecule has 164 valence electrons. The Morgan fingerprint density at radius 2 is 1.78 bits per heavy atom. The topological polar surface area (TPSA) is 82.6 Å². The van der Waals surface area contributed by atoms with Crippen molar-refractivity contribution in [2.75, 3.05) is 20.7 Å². The van der Waals surface area contributed by atoms with Gasteiger partial charge in [0.05, 0.1) is 24.2 Å². The summed E-state index contributed by atoms with van der Waals surface area (Å²) in [5, 5.41) is 13.7. The van der Waals surface area contributed by atoms with Gasteiger partial charge in [0, 0.05) is 31.8 Å². The molecule has 0 aromatic heterocycles. The molecule has 0 spiro atoms. The molecule has 0 saturated carbocycles. The van der Waals surface area contributed by atoms with Crippen LogP contribution in [-0.2, 0) is 4.79 Å². The molecule has 1 aliphatic carbocycles. The number of allylic oxidation sites excluding steroid dienone is 3. The van der Waals surface area contributed by atoms with E-state index in [1.54, 1.807) is 0 Å². The standard InChI is InChI=1S/C26H28N4O2/c1-4-32-20-12-10-18(11-13-20)24-21(16-27)26(28)30(29(2)3)22-14-19(15-23(31)25(22)24)17-8-6-5-7-9-17/h5-13,19,24H,4,14-15,28H2,1-3H3/t19-,24-/m1/s1. The number of ketones is 1. The summed E-state index contributed by atoms with van der Waals surface area (Å²) in [5.41, 5.74) is 10.5. The molecule has 0 fully saturated rings. The van der Waals surface area contributed by atoms with Crippen LogP contribution < -0.4 is 10.5 Å². The van der Waals surface area contributed by atoms with Crippen molar-refractivity contribution in [1.82, 2.24) is 10.0 Å². The molecule has 1 aliphatic heterocycles. The van der Waals surface area contributed by atoms with Gasteiger partial charge in [-0.1, -0.05) is 42.5 Å². The zero-order chi connectivity index (χ0) is 22.8. The molecule has 0 saturated heterocycles. The van der Waals surface area contributed by atoms with Crippen molar-refractivity contribution in [3.8, 4) is 11.8 Å². The second-order valence-electron chi connectivity index (χ2n) is 8.30. The van der Waals surface area contributed by atoms with Crippen LogP contribution in [0.25, 0.3) is 0 Å². The first-order chi connectivity index (χ1) is 15.5. The molecule has 2 aliphatic rings. The van der Waals surface area contributed by atoms with Gasteiger partial charge in [-0.3, -0.25) is 9.80 Å². The Bertz CT molecular complexity index is 1110. The van der Waals surface area contributed by atoms with Gasteiger partial charge in [0.2, 0.25) is 0 Å². The van der Waals surface area contributed by atoms with Crippen LogP contribution in [0.2, 0.25) is 0 Å². The summed E-state index contributed by atoms with van der Waals surface area (Å²) in [5.74, 6) is 0.780. The summed E-state index contributed by atoms with van der Waals surface area (Å²) in [4.78, 5) is 13.6. The minimum Gasteiger partial charge on any atom is -0.494 e. The molecule has 2 aromatic carbocycles. The van der Waals surface area contributed by atoms with E-state index >= 15 is 0 Å². The lowest BCUT2D eigenvalue weighted by Crippen LogP contribution is -2.46. The van der Waals surface area contributed by atoms with Crippen molar-refractivity contribution >= 4 is 5.78 Å². The summed E-state index contributed by atoms with van der Waals surface area (Å²) < 4.78 is 5.57. The van der Waals surface area contributed by atoms with E-state index in [1.807, 2.05) is 73.5 Å². The smallest absolute Gasteiger partial charge is 0.162 e. The van der Waals surface area contributed by atoms with E-state index in [0.717, 1.165) is 22.6 Å². The van der Waals surface area contributed by atoms with Gasteiger partial charge in [-0.15, -0.1) is 0 Å². The molecule has 0 radical (unpaired) electrons. The molecule has 2 atom stereocenters. The van der Waals surface area contributed by atoms with Crippen LogP contribution in [0.1, 0.15) is 42.7 Å². The number of nitrogens with zero attached hydrogens (tertiary/aromatic N) is 3. The number of rotatable bonds is 5. The quantitative estimate of drug-likeness (QED) is 0.773. The maximum absolute atomic E-state index is 13.6. The number of hydrazine groups is 1. The summed E-state index contributed by atoms with van der Waals surface area (Å²) in [6.07, 6.45) is 1.09. The largest absolute Gasteiger partial charge is 0.494 e. The van der Waals surface area contributed by atoms with E-state index in [4.69, 9.17) is 10.5 Å². The maximum atomic E-state index is 13.6. The van der Waals surface area contributed by atoms with E-state index in [0.29, 0.717) is 36.4 Å². The van der Waals surface area contributed by atoms with E-state index in [9.17, 15) is 10.1 Å². The molecule has 2 aromatic rings. The van der Waals surface area contributed by atoms with E-state index in [-0.39, 0.29) is 11.7 Å². The van der Waals surface area contributed by atoms with E-state index in [2.05, 4.69) is 18.2 Å². The maximum Gasteiger partial charge on any atom is 0.162 e. The van der Waals surface area contributed by atoms with Gasteiger partial charge in [-0.2, -0.15) is 5.26 Å². The lowest BCUT2D eigenvalue weighted by atomic mass is 9.72. The van der Waals surface area contributed by atoms with Crippen LogP contribution in [0.5, 0.6) is 5.75 Å². The monoisotopic (exact) mass is 428 g/mol. The summed E-state index contributed by atoms with van der Waals surface area (Å²) in [6, 6.07) is 20.0. The summed E-state index contributed by atoms with van der Waals surface area (Å²) in [6.45, 7) is 2.51. The average molecular weight is 429 g/mol. The highest BCUT2D eigenvalue weighted by atomic mass is 16.5. The summed E-state index contributed by atoms with van der Waals surface area (Å²) in [7, 11) is 3.75. The van der Waals surface area contributed by atoms with Crippen molar-refractivity contribution in [2.45, 2.75) is 31.6 Å². The van der Waals surface area contributed by atoms with Gasteiger partial charge < -0.3 is 10.5 Å². The highest BCUT2D eigenvalue weighted by molar-refractivity contribution is 6.00. The lowest BCUT2D eigenvalue weighted by molar-refractivity contribution is -0.117. The molecule has 6 heteroatoms. The zero-order valence-corrected chi connectivity index (χ0v) is 18.7. The van der Waals surface area contributed by atoms with Crippen LogP contribution >= 0.6 is 0 Å². The van der Waals surface area contributed by atoms with Crippen LogP contribution in [0.3, 0.4) is 0 Å². The fourth-order valence-corrected chi connectivity index (χ4v) is 4.79. The van der Waals surface area contributed by atoms with Crippen LogP contribution in [0.4, 0.5) is 0 Å². The molecular weight excluding hydrogens is 400 g/mol. The normalized spacial score (nSPS) is 21.0. The number of hydrogen-bond acceptors (Lipinski definition) is 6. The van der Waals surface area contributed by atoms with Gasteiger partial charge >= 0.3 is 0 Å².